The van der Waals surface area contributed by atoms with Crippen molar-refractivity contribution in [2.45, 2.75) is 150 Å². The third-order valence-corrected chi connectivity index (χ3v) is 13.0. The Labute approximate surface area is 181 Å². The van der Waals surface area contributed by atoms with E-state index < -0.39 is 7.26 Å². The van der Waals surface area contributed by atoms with Gasteiger partial charge in [-0.3, -0.25) is 0 Å². The van der Waals surface area contributed by atoms with Crippen molar-refractivity contribution in [1.82, 2.24) is 0 Å². The van der Waals surface area contributed by atoms with Crippen LogP contribution in [0.15, 0.2) is 0 Å². The molecule has 0 radical (unpaired) electrons. The molecule has 0 unspecified atom stereocenters. The van der Waals surface area contributed by atoms with Crippen LogP contribution in [0.1, 0.15) is 150 Å². The van der Waals surface area contributed by atoms with Gasteiger partial charge in [-0.25, -0.2) is 0 Å². The third kappa shape index (κ3) is 17.3. The number of hydrogen-bond acceptors (Lipinski definition) is 0. The summed E-state index contributed by atoms with van der Waals surface area (Å²) in [4.78, 5) is 0. The molecule has 0 saturated heterocycles. The number of hydrogen-bond donors (Lipinski definition) is 0. The molecule has 0 atom stereocenters. The molecule has 0 N–H and O–H groups in total. The molecule has 0 aliphatic heterocycles. The normalized spacial score (nSPS) is 12.6. The minimum atomic E-state index is -0.903. The summed E-state index contributed by atoms with van der Waals surface area (Å²) in [6, 6.07) is 0. The van der Waals surface area contributed by atoms with Crippen LogP contribution in [0.2, 0.25) is 0 Å². The van der Waals surface area contributed by atoms with Gasteiger partial charge in [-0.1, -0.05) is 39.0 Å². The van der Waals surface area contributed by atoms with Crippen molar-refractivity contribution in [3.05, 3.63) is 0 Å². The zero-order chi connectivity index (χ0) is 20.8. The zero-order valence-corrected chi connectivity index (χ0v) is 21.8. The van der Waals surface area contributed by atoms with E-state index >= 15 is 0 Å². The van der Waals surface area contributed by atoms with Gasteiger partial charge in [0.25, 0.3) is 0 Å². The van der Waals surface area contributed by atoms with Crippen LogP contribution in [-0.2, 0) is 0 Å². The molecular weight excluding hydrogens is 355 g/mol. The molecule has 0 amide bonds. The van der Waals surface area contributed by atoms with Gasteiger partial charge in [0.1, 0.15) is 0 Å². The molecule has 0 aromatic heterocycles. The average Bonchev–Trinajstić information content (AvgIpc) is 2.68. The van der Waals surface area contributed by atoms with Crippen molar-refractivity contribution < 1.29 is 0 Å². The fourth-order valence-corrected chi connectivity index (χ4v) is 11.1. The van der Waals surface area contributed by atoms with Gasteiger partial charge in [-0.2, -0.15) is 0 Å². The monoisotopic (exact) mass is 414 g/mol. The summed E-state index contributed by atoms with van der Waals surface area (Å²) in [6.45, 7) is 9.56. The molecule has 1 heteroatoms. The predicted octanol–water partition coefficient (Wildman–Crippen LogP) is 10.2. The number of unbranched alkanes of at least 4 members (excludes halogenated alkanes) is 15. The van der Waals surface area contributed by atoms with E-state index in [9.17, 15) is 0 Å². The van der Waals surface area contributed by atoms with Gasteiger partial charge in [0.2, 0.25) is 0 Å². The summed E-state index contributed by atoms with van der Waals surface area (Å²) < 4.78 is 0. The first-order valence-corrected chi connectivity index (χ1v) is 16.6. The van der Waals surface area contributed by atoms with Gasteiger partial charge in [0.05, 0.1) is 0 Å². The summed E-state index contributed by atoms with van der Waals surface area (Å²) in [6.07, 6.45) is 34.5. The molecule has 0 heterocycles. The SMILES string of the molecule is CCCCCCCCCCCCCCCCCC[PH](CCC)(CCC)CCC. The van der Waals surface area contributed by atoms with Crippen LogP contribution in [0.5, 0.6) is 0 Å². The molecule has 172 valence electrons. The van der Waals surface area contributed by atoms with E-state index in [1.54, 1.807) is 31.1 Å². The van der Waals surface area contributed by atoms with Crippen LogP contribution >= 0.6 is 7.26 Å². The fourth-order valence-electron chi connectivity index (χ4n) is 5.39. The Bertz CT molecular complexity index is 269. The van der Waals surface area contributed by atoms with Crippen molar-refractivity contribution in [3.63, 3.8) is 0 Å². The Balaban J connectivity index is 3.46. The van der Waals surface area contributed by atoms with Crippen molar-refractivity contribution in [2.75, 3.05) is 24.6 Å². The van der Waals surface area contributed by atoms with Crippen LogP contribution in [0.3, 0.4) is 0 Å². The second-order valence-electron chi connectivity index (χ2n) is 9.80. The van der Waals surface area contributed by atoms with Gasteiger partial charge < -0.3 is 0 Å². The van der Waals surface area contributed by atoms with Crippen LogP contribution < -0.4 is 0 Å². The van der Waals surface area contributed by atoms with E-state index in [1.807, 2.05) is 0 Å². The molecule has 28 heavy (non-hydrogen) atoms. The van der Waals surface area contributed by atoms with Gasteiger partial charge in [-0.15, -0.1) is 0 Å². The molecule has 0 bridgehead atoms. The van der Waals surface area contributed by atoms with Crippen LogP contribution in [-0.4, -0.2) is 24.6 Å². The van der Waals surface area contributed by atoms with E-state index in [-0.39, 0.29) is 0 Å². The first-order chi connectivity index (χ1) is 13.7. The summed E-state index contributed by atoms with van der Waals surface area (Å²) in [7, 11) is -0.903. The topological polar surface area (TPSA) is 0 Å². The quantitative estimate of drug-likeness (QED) is 0.115. The van der Waals surface area contributed by atoms with E-state index in [0.29, 0.717) is 0 Å². The zero-order valence-electron chi connectivity index (χ0n) is 20.8. The van der Waals surface area contributed by atoms with Crippen LogP contribution in [0.25, 0.3) is 0 Å². The van der Waals surface area contributed by atoms with Crippen LogP contribution in [0, 0.1) is 0 Å². The first-order valence-electron chi connectivity index (χ1n) is 13.7. The predicted molar refractivity (Wildman–Crippen MR) is 138 cm³/mol. The summed E-state index contributed by atoms with van der Waals surface area (Å²) in [5, 5.41) is 0. The third-order valence-electron chi connectivity index (χ3n) is 6.90. The van der Waals surface area contributed by atoms with Crippen molar-refractivity contribution in [3.8, 4) is 0 Å². The summed E-state index contributed by atoms with van der Waals surface area (Å²) in [5.41, 5.74) is 0. The van der Waals surface area contributed by atoms with Crippen molar-refractivity contribution in [2.24, 2.45) is 0 Å². The van der Waals surface area contributed by atoms with E-state index in [4.69, 9.17) is 0 Å². The molecule has 0 aliphatic carbocycles. The summed E-state index contributed by atoms with van der Waals surface area (Å²) >= 11 is 0. The average molecular weight is 415 g/mol. The van der Waals surface area contributed by atoms with Gasteiger partial charge in [0, 0.05) is 0 Å². The van der Waals surface area contributed by atoms with Crippen molar-refractivity contribution >= 4 is 7.26 Å². The number of rotatable bonds is 23. The minimum absolute atomic E-state index is 0.903. The first kappa shape index (κ1) is 28.4. The molecule has 0 aromatic carbocycles. The van der Waals surface area contributed by atoms with E-state index in [0.717, 1.165) is 0 Å². The molecule has 0 aromatic rings. The van der Waals surface area contributed by atoms with Gasteiger partial charge >= 0.3 is 143 Å². The standard InChI is InChI=1S/C27H59P/c1-5-9-10-11-12-13-14-15-16-17-18-19-20-21-22-23-27-28(24-6-2,25-7-3)26-8-4/h28H,5-27H2,1-4H3. The molecule has 0 fully saturated rings. The Morgan fingerprint density at radius 3 is 0.857 bits per heavy atom. The molecule has 0 nitrogen and oxygen atoms in total. The fraction of sp³-hybridized carbons (Fsp3) is 1.00. The van der Waals surface area contributed by atoms with Gasteiger partial charge in [0.15, 0.2) is 0 Å². The van der Waals surface area contributed by atoms with Crippen LogP contribution in [0.4, 0.5) is 0 Å². The Hall–Kier alpha value is 0.430. The maximum atomic E-state index is 2.42. The Morgan fingerprint density at radius 1 is 0.286 bits per heavy atom. The molecule has 0 saturated carbocycles. The van der Waals surface area contributed by atoms with E-state index in [2.05, 4.69) is 27.7 Å². The second-order valence-corrected chi connectivity index (χ2v) is 14.8. The van der Waals surface area contributed by atoms with Crippen molar-refractivity contribution in [1.29, 1.82) is 0 Å². The second kappa shape index (κ2) is 22.1. The maximum absolute atomic E-state index is 2.42. The summed E-state index contributed by atoms with van der Waals surface area (Å²) in [5.74, 6) is 0. The molecule has 0 spiro atoms. The molecular formula is C27H59P. The molecule has 0 rings (SSSR count). The van der Waals surface area contributed by atoms with E-state index in [1.165, 1.54) is 116 Å². The van der Waals surface area contributed by atoms with Gasteiger partial charge in [-0.05, 0) is 0 Å². The Morgan fingerprint density at radius 2 is 0.571 bits per heavy atom. The molecule has 0 aliphatic rings. The Kier molecular flexibility index (Phi) is 22.5.